The molecule has 2 aliphatic carbocycles. The number of ether oxygens (including phenoxy) is 1. The zero-order valence-electron chi connectivity index (χ0n) is 15.3. The van der Waals surface area contributed by atoms with Gasteiger partial charge in [0, 0.05) is 13.1 Å². The third kappa shape index (κ3) is 5.01. The van der Waals surface area contributed by atoms with Gasteiger partial charge in [0.05, 0.1) is 11.6 Å². The van der Waals surface area contributed by atoms with Gasteiger partial charge in [-0.25, -0.2) is 9.79 Å². The first-order valence-electron chi connectivity index (χ1n) is 8.66. The van der Waals surface area contributed by atoms with Crippen LogP contribution < -0.4 is 16.0 Å². The van der Waals surface area contributed by atoms with Gasteiger partial charge in [0.1, 0.15) is 5.60 Å². The molecule has 1 amide bonds. The van der Waals surface area contributed by atoms with Gasteiger partial charge in [-0.1, -0.05) is 6.92 Å². The number of alkyl carbamates (subject to hydrolysis) is 1. The molecule has 2 fully saturated rings. The van der Waals surface area contributed by atoms with Crippen molar-refractivity contribution in [3.63, 3.8) is 0 Å². The van der Waals surface area contributed by atoms with Crippen LogP contribution in [0.3, 0.4) is 0 Å². The molecule has 0 heterocycles. The summed E-state index contributed by atoms with van der Waals surface area (Å²) in [6, 6.07) is 0.263. The Kier molecular flexibility index (Phi) is 5.11. The number of nitrogens with one attached hydrogen (secondary N) is 3. The smallest absolute Gasteiger partial charge is 0.407 e. The molecule has 4 atom stereocenters. The minimum Gasteiger partial charge on any atom is -0.444 e. The lowest BCUT2D eigenvalue weighted by Gasteiger charge is -2.26. The molecule has 3 N–H and O–H groups in total. The Hall–Kier alpha value is -1.46. The van der Waals surface area contributed by atoms with Crippen LogP contribution in [0.5, 0.6) is 0 Å². The average molecular weight is 324 g/mol. The Balaban J connectivity index is 1.92. The molecule has 0 aromatic carbocycles. The molecule has 6 nitrogen and oxygen atoms in total. The van der Waals surface area contributed by atoms with E-state index < -0.39 is 5.60 Å². The number of hydrogen-bond acceptors (Lipinski definition) is 3. The van der Waals surface area contributed by atoms with Crippen LogP contribution in [0.2, 0.25) is 0 Å². The summed E-state index contributed by atoms with van der Waals surface area (Å²) in [5.74, 6) is 1.45. The summed E-state index contributed by atoms with van der Waals surface area (Å²) in [6.45, 7) is 10.0. The van der Waals surface area contributed by atoms with E-state index >= 15 is 0 Å². The maximum atomic E-state index is 12.0. The maximum Gasteiger partial charge on any atom is 0.407 e. The highest BCUT2D eigenvalue weighted by atomic mass is 16.6. The molecule has 2 saturated carbocycles. The number of rotatable bonds is 3. The number of carbonyl (C=O) groups excluding carboxylic acids is 1. The van der Waals surface area contributed by atoms with Crippen LogP contribution in [-0.4, -0.2) is 42.3 Å². The highest BCUT2D eigenvalue weighted by molar-refractivity contribution is 5.80. The first-order chi connectivity index (χ1) is 10.6. The van der Waals surface area contributed by atoms with Crippen molar-refractivity contribution in [3.05, 3.63) is 0 Å². The normalized spacial score (nSPS) is 34.0. The molecule has 0 aromatic heterocycles. The summed E-state index contributed by atoms with van der Waals surface area (Å²) in [7, 11) is 1.88. The molecule has 0 radical (unpaired) electrons. The predicted molar refractivity (Wildman–Crippen MR) is 92.6 cm³/mol. The van der Waals surface area contributed by atoms with Gasteiger partial charge < -0.3 is 20.7 Å². The summed E-state index contributed by atoms with van der Waals surface area (Å²) in [4.78, 5) is 16.8. The number of hydrogen-bond donors (Lipinski definition) is 3. The monoisotopic (exact) mass is 324 g/mol. The van der Waals surface area contributed by atoms with Crippen molar-refractivity contribution in [2.75, 3.05) is 7.05 Å². The van der Waals surface area contributed by atoms with Crippen molar-refractivity contribution in [2.45, 2.75) is 83.5 Å². The van der Waals surface area contributed by atoms with Crippen LogP contribution in [0.1, 0.15) is 60.3 Å². The second kappa shape index (κ2) is 6.57. The Labute approximate surface area is 139 Å². The third-order valence-corrected chi connectivity index (χ3v) is 4.77. The standard InChI is InChI=1S/C17H32N4O2/c1-11-10-17(11,5)21-14(18-6)19-12-8-7-9-13(12)20-15(22)23-16(2,3)4/h11-13H,7-10H2,1-6H3,(H,20,22)(H2,18,19,21)/t11-,12+,13-,17?/m0/s1. The quantitative estimate of drug-likeness (QED) is 0.550. The van der Waals surface area contributed by atoms with Crippen molar-refractivity contribution < 1.29 is 9.53 Å². The maximum absolute atomic E-state index is 12.0. The van der Waals surface area contributed by atoms with Crippen molar-refractivity contribution in [1.82, 2.24) is 16.0 Å². The van der Waals surface area contributed by atoms with E-state index in [4.69, 9.17) is 9.73 Å². The summed E-state index contributed by atoms with van der Waals surface area (Å²) in [5, 5.41) is 9.62. The highest BCUT2D eigenvalue weighted by Crippen LogP contribution is 2.46. The summed E-state index contributed by atoms with van der Waals surface area (Å²) < 4.78 is 5.36. The molecule has 0 bridgehead atoms. The molecule has 6 heteroatoms. The summed E-state index contributed by atoms with van der Waals surface area (Å²) >= 11 is 0. The van der Waals surface area contributed by atoms with Gasteiger partial charge >= 0.3 is 6.09 Å². The predicted octanol–water partition coefficient (Wildman–Crippen LogP) is 2.40. The first-order valence-corrected chi connectivity index (χ1v) is 8.66. The lowest BCUT2D eigenvalue weighted by molar-refractivity contribution is 0.0499. The SMILES string of the molecule is CN/C(=N\C1(C)C[C@@H]1C)N[C@@H]1CCC[C@@H]1NC(=O)OC(C)(C)C. The molecule has 132 valence electrons. The average Bonchev–Trinajstić information content (AvgIpc) is 2.80. The molecule has 2 rings (SSSR count). The molecular weight excluding hydrogens is 292 g/mol. The number of amides is 1. The molecule has 23 heavy (non-hydrogen) atoms. The minimum atomic E-state index is -0.472. The first kappa shape index (κ1) is 17.9. The molecule has 0 aliphatic heterocycles. The number of nitrogens with zero attached hydrogens (tertiary/aromatic N) is 1. The van der Waals surface area contributed by atoms with Crippen molar-refractivity contribution in [3.8, 4) is 0 Å². The van der Waals surface area contributed by atoms with Crippen LogP contribution in [0.25, 0.3) is 0 Å². The topological polar surface area (TPSA) is 74.8 Å². The van der Waals surface area contributed by atoms with Gasteiger partial charge in [0.15, 0.2) is 5.96 Å². The number of guanidine groups is 1. The minimum absolute atomic E-state index is 0.0536. The van der Waals surface area contributed by atoms with Gasteiger partial charge in [-0.05, 0) is 59.3 Å². The van der Waals surface area contributed by atoms with E-state index in [0.717, 1.165) is 31.6 Å². The van der Waals surface area contributed by atoms with Gasteiger partial charge in [0.25, 0.3) is 0 Å². The number of aliphatic imine (C=N–C) groups is 1. The van der Waals surface area contributed by atoms with E-state index in [0.29, 0.717) is 5.92 Å². The molecule has 2 aliphatic rings. The van der Waals surface area contributed by atoms with E-state index in [2.05, 4.69) is 29.8 Å². The highest BCUT2D eigenvalue weighted by Gasteiger charge is 2.47. The van der Waals surface area contributed by atoms with E-state index in [-0.39, 0.29) is 23.7 Å². The van der Waals surface area contributed by atoms with Crippen LogP contribution in [0.4, 0.5) is 4.79 Å². The molecule has 0 aromatic rings. The largest absolute Gasteiger partial charge is 0.444 e. The lowest BCUT2D eigenvalue weighted by atomic mass is 10.1. The fourth-order valence-electron chi connectivity index (χ4n) is 3.07. The van der Waals surface area contributed by atoms with E-state index in [1.165, 1.54) is 0 Å². The summed E-state index contributed by atoms with van der Waals surface area (Å²) in [5.41, 5.74) is -0.419. The Morgan fingerprint density at radius 3 is 2.26 bits per heavy atom. The van der Waals surface area contributed by atoms with Gasteiger partial charge in [-0.15, -0.1) is 0 Å². The van der Waals surface area contributed by atoms with E-state index in [1.54, 1.807) is 0 Å². The Bertz CT molecular complexity index is 472. The fraction of sp³-hybridized carbons (Fsp3) is 0.882. The Morgan fingerprint density at radius 2 is 1.78 bits per heavy atom. The number of carbonyl (C=O) groups is 1. The van der Waals surface area contributed by atoms with Crippen LogP contribution in [0.15, 0.2) is 4.99 Å². The van der Waals surface area contributed by atoms with Gasteiger partial charge in [-0.2, -0.15) is 0 Å². The van der Waals surface area contributed by atoms with Crippen LogP contribution in [-0.2, 0) is 4.74 Å². The van der Waals surface area contributed by atoms with Gasteiger partial charge in [-0.3, -0.25) is 0 Å². The van der Waals surface area contributed by atoms with E-state index in [1.807, 2.05) is 27.8 Å². The molecule has 0 spiro atoms. The summed E-state index contributed by atoms with van der Waals surface area (Å²) in [6.07, 6.45) is 3.85. The van der Waals surface area contributed by atoms with E-state index in [9.17, 15) is 4.79 Å². The van der Waals surface area contributed by atoms with Crippen molar-refractivity contribution in [2.24, 2.45) is 10.9 Å². The second-order valence-electron chi connectivity index (χ2n) is 8.11. The zero-order chi connectivity index (χ0) is 17.3. The fourth-order valence-corrected chi connectivity index (χ4v) is 3.07. The van der Waals surface area contributed by atoms with Gasteiger partial charge in [0.2, 0.25) is 0 Å². The van der Waals surface area contributed by atoms with Crippen LogP contribution in [0, 0.1) is 5.92 Å². The van der Waals surface area contributed by atoms with Crippen molar-refractivity contribution in [1.29, 1.82) is 0 Å². The zero-order valence-corrected chi connectivity index (χ0v) is 15.3. The molecular formula is C17H32N4O2. The Morgan fingerprint density at radius 1 is 1.22 bits per heavy atom. The van der Waals surface area contributed by atoms with Crippen LogP contribution >= 0.6 is 0 Å². The molecule has 1 unspecified atom stereocenters. The third-order valence-electron chi connectivity index (χ3n) is 4.77. The van der Waals surface area contributed by atoms with Crippen molar-refractivity contribution >= 4 is 12.1 Å². The molecule has 0 saturated heterocycles. The second-order valence-corrected chi connectivity index (χ2v) is 8.11. The lowest BCUT2D eigenvalue weighted by Crippen LogP contribution is -2.52.